The second-order valence-electron chi connectivity index (χ2n) is 3.85. The number of nitrogens with two attached hydrogens (primary N) is 1. The Hall–Kier alpha value is -0.220. The Labute approximate surface area is 91.4 Å². The first-order valence-corrected chi connectivity index (χ1v) is 6.37. The number of amides is 1. The average molecular weight is 218 g/mol. The smallest absolute Gasteiger partial charge is 0.222 e. The van der Waals surface area contributed by atoms with Crippen molar-refractivity contribution in [2.24, 2.45) is 11.7 Å². The average Bonchev–Trinajstić information content (AvgIpc) is 2.16. The summed E-state index contributed by atoms with van der Waals surface area (Å²) >= 11 is 1.76. The molecule has 84 valence electrons. The monoisotopic (exact) mass is 218 g/mol. The van der Waals surface area contributed by atoms with Crippen LogP contribution in [0, 0.1) is 5.92 Å². The van der Waals surface area contributed by atoms with Gasteiger partial charge >= 0.3 is 0 Å². The highest BCUT2D eigenvalue weighted by molar-refractivity contribution is 7.98. The van der Waals surface area contributed by atoms with Crippen LogP contribution in [0.4, 0.5) is 0 Å². The zero-order valence-corrected chi connectivity index (χ0v) is 10.4. The Bertz CT molecular complexity index is 176. The zero-order chi connectivity index (χ0) is 11.1. The van der Waals surface area contributed by atoms with Gasteiger partial charge in [0, 0.05) is 25.3 Å². The maximum atomic E-state index is 11.7. The molecule has 0 saturated carbocycles. The largest absolute Gasteiger partial charge is 0.342 e. The van der Waals surface area contributed by atoms with E-state index in [0.717, 1.165) is 5.75 Å². The lowest BCUT2D eigenvalue weighted by Crippen LogP contribution is -2.37. The van der Waals surface area contributed by atoms with Crippen LogP contribution >= 0.6 is 11.8 Å². The number of carbonyl (C=O) groups excluding carboxylic acids is 1. The molecule has 0 radical (unpaired) electrons. The molecule has 0 aromatic carbocycles. The standard InChI is InChI=1S/C10H22N2OS/c1-8(6-11)5-10(13)12(3)9(2)7-14-4/h8-9H,5-7,11H2,1-4H3. The van der Waals surface area contributed by atoms with Gasteiger partial charge in [-0.05, 0) is 25.6 Å². The molecule has 0 aromatic rings. The molecule has 4 heteroatoms. The van der Waals surface area contributed by atoms with Gasteiger partial charge in [0.1, 0.15) is 0 Å². The van der Waals surface area contributed by atoms with E-state index in [1.165, 1.54) is 0 Å². The Morgan fingerprint density at radius 2 is 2.07 bits per heavy atom. The van der Waals surface area contributed by atoms with Crippen LogP contribution in [0.5, 0.6) is 0 Å². The Kier molecular flexibility index (Phi) is 7.01. The number of hydrogen-bond acceptors (Lipinski definition) is 3. The number of rotatable bonds is 6. The van der Waals surface area contributed by atoms with Crippen molar-refractivity contribution in [2.75, 3.05) is 25.6 Å². The van der Waals surface area contributed by atoms with Gasteiger partial charge in [-0.3, -0.25) is 4.79 Å². The lowest BCUT2D eigenvalue weighted by molar-refractivity contribution is -0.132. The fourth-order valence-electron chi connectivity index (χ4n) is 1.12. The summed E-state index contributed by atoms with van der Waals surface area (Å²) in [5.41, 5.74) is 5.48. The maximum Gasteiger partial charge on any atom is 0.222 e. The van der Waals surface area contributed by atoms with Gasteiger partial charge in [-0.15, -0.1) is 0 Å². The molecular formula is C10H22N2OS. The summed E-state index contributed by atoms with van der Waals surface area (Å²) in [6.45, 7) is 4.66. The van der Waals surface area contributed by atoms with E-state index < -0.39 is 0 Å². The molecule has 3 nitrogen and oxygen atoms in total. The van der Waals surface area contributed by atoms with E-state index in [1.807, 2.05) is 18.9 Å². The predicted octanol–water partition coefficient (Wildman–Crippen LogP) is 1.18. The Balaban J connectivity index is 3.98. The van der Waals surface area contributed by atoms with E-state index >= 15 is 0 Å². The van der Waals surface area contributed by atoms with Gasteiger partial charge in [0.15, 0.2) is 0 Å². The van der Waals surface area contributed by atoms with Crippen molar-refractivity contribution < 1.29 is 4.79 Å². The SMILES string of the molecule is CSCC(C)N(C)C(=O)CC(C)CN. The van der Waals surface area contributed by atoms with Crippen molar-refractivity contribution in [3.05, 3.63) is 0 Å². The summed E-state index contributed by atoms with van der Waals surface area (Å²) in [5.74, 6) is 1.47. The van der Waals surface area contributed by atoms with Crippen LogP contribution in [0.15, 0.2) is 0 Å². The molecule has 0 aromatic heterocycles. The quantitative estimate of drug-likeness (QED) is 0.728. The summed E-state index contributed by atoms with van der Waals surface area (Å²) in [5, 5.41) is 0. The highest BCUT2D eigenvalue weighted by atomic mass is 32.2. The molecule has 2 N–H and O–H groups in total. The molecule has 0 aliphatic carbocycles. The fourth-order valence-corrected chi connectivity index (χ4v) is 1.83. The normalized spacial score (nSPS) is 14.9. The van der Waals surface area contributed by atoms with Crippen molar-refractivity contribution in [3.63, 3.8) is 0 Å². The molecule has 14 heavy (non-hydrogen) atoms. The van der Waals surface area contributed by atoms with Crippen LogP contribution in [0.3, 0.4) is 0 Å². The predicted molar refractivity (Wildman–Crippen MR) is 63.4 cm³/mol. The Morgan fingerprint density at radius 1 is 1.50 bits per heavy atom. The molecule has 0 aliphatic rings. The first kappa shape index (κ1) is 13.8. The molecule has 2 unspecified atom stereocenters. The molecule has 0 fully saturated rings. The summed E-state index contributed by atoms with van der Waals surface area (Å²) in [7, 11) is 1.87. The van der Waals surface area contributed by atoms with Gasteiger partial charge in [-0.2, -0.15) is 11.8 Å². The first-order chi connectivity index (χ1) is 6.52. The van der Waals surface area contributed by atoms with E-state index in [-0.39, 0.29) is 11.8 Å². The maximum absolute atomic E-state index is 11.7. The van der Waals surface area contributed by atoms with Gasteiger partial charge in [0.05, 0.1) is 0 Å². The van der Waals surface area contributed by atoms with Crippen molar-refractivity contribution in [2.45, 2.75) is 26.3 Å². The van der Waals surface area contributed by atoms with Crippen LogP contribution in [0.2, 0.25) is 0 Å². The molecule has 0 heterocycles. The summed E-state index contributed by atoms with van der Waals surface area (Å²) in [6.07, 6.45) is 2.61. The van der Waals surface area contributed by atoms with Crippen molar-refractivity contribution in [1.82, 2.24) is 4.90 Å². The molecular weight excluding hydrogens is 196 g/mol. The van der Waals surface area contributed by atoms with Crippen LogP contribution in [-0.2, 0) is 4.79 Å². The lowest BCUT2D eigenvalue weighted by Gasteiger charge is -2.25. The minimum Gasteiger partial charge on any atom is -0.342 e. The summed E-state index contributed by atoms with van der Waals surface area (Å²) in [6, 6.07) is 0.308. The third-order valence-electron chi connectivity index (χ3n) is 2.39. The van der Waals surface area contributed by atoms with E-state index in [1.54, 1.807) is 11.8 Å². The summed E-state index contributed by atoms with van der Waals surface area (Å²) < 4.78 is 0. The molecule has 0 rings (SSSR count). The molecule has 2 atom stereocenters. The van der Waals surface area contributed by atoms with Gasteiger partial charge in [-0.25, -0.2) is 0 Å². The number of nitrogens with zero attached hydrogens (tertiary/aromatic N) is 1. The first-order valence-electron chi connectivity index (χ1n) is 4.97. The summed E-state index contributed by atoms with van der Waals surface area (Å²) in [4.78, 5) is 13.5. The fraction of sp³-hybridized carbons (Fsp3) is 0.900. The second kappa shape index (κ2) is 7.12. The zero-order valence-electron chi connectivity index (χ0n) is 9.62. The number of thioether (sulfide) groups is 1. The van der Waals surface area contributed by atoms with E-state index in [2.05, 4.69) is 13.2 Å². The van der Waals surface area contributed by atoms with E-state index in [4.69, 9.17) is 5.73 Å². The van der Waals surface area contributed by atoms with Crippen LogP contribution in [-0.4, -0.2) is 42.4 Å². The van der Waals surface area contributed by atoms with Crippen molar-refractivity contribution >= 4 is 17.7 Å². The van der Waals surface area contributed by atoms with E-state index in [0.29, 0.717) is 19.0 Å². The van der Waals surface area contributed by atoms with Gasteiger partial charge < -0.3 is 10.6 Å². The molecule has 1 amide bonds. The van der Waals surface area contributed by atoms with Gasteiger partial charge in [-0.1, -0.05) is 6.92 Å². The molecule has 0 saturated heterocycles. The van der Waals surface area contributed by atoms with Gasteiger partial charge in [0.2, 0.25) is 5.91 Å². The Morgan fingerprint density at radius 3 is 2.50 bits per heavy atom. The molecule has 0 bridgehead atoms. The number of hydrogen-bond donors (Lipinski definition) is 1. The minimum absolute atomic E-state index is 0.199. The third kappa shape index (κ3) is 4.86. The van der Waals surface area contributed by atoms with Gasteiger partial charge in [0.25, 0.3) is 0 Å². The van der Waals surface area contributed by atoms with Crippen LogP contribution in [0.25, 0.3) is 0 Å². The van der Waals surface area contributed by atoms with Crippen LogP contribution < -0.4 is 5.73 Å². The van der Waals surface area contributed by atoms with Crippen LogP contribution in [0.1, 0.15) is 20.3 Å². The highest BCUT2D eigenvalue weighted by Gasteiger charge is 2.16. The number of carbonyl (C=O) groups is 1. The van der Waals surface area contributed by atoms with Crippen molar-refractivity contribution in [1.29, 1.82) is 0 Å². The van der Waals surface area contributed by atoms with E-state index in [9.17, 15) is 4.79 Å². The highest BCUT2D eigenvalue weighted by Crippen LogP contribution is 2.08. The molecule has 0 spiro atoms. The topological polar surface area (TPSA) is 46.3 Å². The molecule has 0 aliphatic heterocycles. The minimum atomic E-state index is 0.199. The lowest BCUT2D eigenvalue weighted by atomic mass is 10.1. The second-order valence-corrected chi connectivity index (χ2v) is 4.76. The van der Waals surface area contributed by atoms with Crippen molar-refractivity contribution in [3.8, 4) is 0 Å². The third-order valence-corrected chi connectivity index (χ3v) is 3.20.